The molecule has 162 valence electrons. The van der Waals surface area contributed by atoms with E-state index in [4.69, 9.17) is 14.5 Å². The van der Waals surface area contributed by atoms with Crippen LogP contribution in [0.25, 0.3) is 16.6 Å². The molecule has 8 heteroatoms. The second kappa shape index (κ2) is 8.36. The van der Waals surface area contributed by atoms with E-state index < -0.39 is 0 Å². The maximum Gasteiger partial charge on any atom is 0.148 e. The summed E-state index contributed by atoms with van der Waals surface area (Å²) in [4.78, 5) is 13.9. The van der Waals surface area contributed by atoms with Gasteiger partial charge in [0.2, 0.25) is 0 Å². The van der Waals surface area contributed by atoms with Crippen molar-refractivity contribution < 1.29 is 9.47 Å². The molecule has 1 saturated heterocycles. The second-order valence-corrected chi connectivity index (χ2v) is 7.82. The molecule has 0 bridgehead atoms. The molecule has 0 amide bonds. The van der Waals surface area contributed by atoms with Gasteiger partial charge in [0.05, 0.1) is 31.2 Å². The number of hydrogen-bond acceptors (Lipinski definition) is 7. The lowest BCUT2D eigenvalue weighted by molar-refractivity contribution is 0.247. The Morgan fingerprint density at radius 2 is 1.94 bits per heavy atom. The fourth-order valence-electron chi connectivity index (χ4n) is 4.35. The molecule has 32 heavy (non-hydrogen) atoms. The zero-order chi connectivity index (χ0) is 22.1. The van der Waals surface area contributed by atoms with Crippen LogP contribution in [0.5, 0.6) is 11.5 Å². The van der Waals surface area contributed by atoms with Gasteiger partial charge in [0.15, 0.2) is 0 Å². The molecule has 0 radical (unpaired) electrons. The van der Waals surface area contributed by atoms with Crippen molar-refractivity contribution in [2.24, 2.45) is 0 Å². The lowest BCUT2D eigenvalue weighted by atomic mass is 10.1. The highest BCUT2D eigenvalue weighted by atomic mass is 16.5. The van der Waals surface area contributed by atoms with E-state index in [2.05, 4.69) is 31.5 Å². The molecule has 1 aliphatic heterocycles. The van der Waals surface area contributed by atoms with Crippen molar-refractivity contribution in [2.45, 2.75) is 6.54 Å². The summed E-state index contributed by atoms with van der Waals surface area (Å²) < 4.78 is 13.0. The number of anilines is 1. The van der Waals surface area contributed by atoms with E-state index >= 15 is 0 Å². The number of ether oxygens (including phenoxy) is 2. The summed E-state index contributed by atoms with van der Waals surface area (Å²) in [6.45, 7) is 4.17. The molecule has 1 fully saturated rings. The van der Waals surface area contributed by atoms with Crippen molar-refractivity contribution in [1.29, 1.82) is 5.26 Å². The molecule has 1 aliphatic rings. The van der Waals surface area contributed by atoms with Crippen LogP contribution >= 0.6 is 0 Å². The Morgan fingerprint density at radius 1 is 1.09 bits per heavy atom. The summed E-state index contributed by atoms with van der Waals surface area (Å²) in [5.41, 5.74) is 4.20. The van der Waals surface area contributed by atoms with Crippen LogP contribution in [-0.2, 0) is 6.54 Å². The highest BCUT2D eigenvalue weighted by molar-refractivity contribution is 5.98. The number of fused-ring (bicyclic) bond motifs is 2. The molecule has 0 N–H and O–H groups in total. The lowest BCUT2D eigenvalue weighted by Gasteiger charge is -2.36. The summed E-state index contributed by atoms with van der Waals surface area (Å²) in [5.74, 6) is 1.31. The number of benzene rings is 1. The minimum atomic E-state index is 0.557. The molecular weight excluding hydrogens is 404 g/mol. The van der Waals surface area contributed by atoms with Gasteiger partial charge in [-0.25, -0.2) is 4.98 Å². The first-order valence-electron chi connectivity index (χ1n) is 10.5. The minimum Gasteiger partial charge on any atom is -0.497 e. The van der Waals surface area contributed by atoms with Crippen molar-refractivity contribution in [1.82, 2.24) is 19.3 Å². The average Bonchev–Trinajstić information content (AvgIpc) is 3.25. The summed E-state index contributed by atoms with van der Waals surface area (Å²) in [6, 6.07) is 12.1. The largest absolute Gasteiger partial charge is 0.497 e. The van der Waals surface area contributed by atoms with Gasteiger partial charge in [0, 0.05) is 62.8 Å². The van der Waals surface area contributed by atoms with Crippen molar-refractivity contribution in [3.63, 3.8) is 0 Å². The highest BCUT2D eigenvalue weighted by Crippen LogP contribution is 2.37. The Morgan fingerprint density at radius 3 is 2.66 bits per heavy atom. The quantitative estimate of drug-likeness (QED) is 0.483. The average molecular weight is 428 g/mol. The number of rotatable bonds is 5. The Hall–Kier alpha value is -3.83. The fourth-order valence-corrected chi connectivity index (χ4v) is 4.35. The van der Waals surface area contributed by atoms with Gasteiger partial charge in [-0.3, -0.25) is 9.88 Å². The van der Waals surface area contributed by atoms with Gasteiger partial charge in [-0.1, -0.05) is 6.07 Å². The minimum absolute atomic E-state index is 0.557. The van der Waals surface area contributed by atoms with Crippen LogP contribution in [0.4, 0.5) is 5.69 Å². The number of imidazole rings is 1. The first-order valence-corrected chi connectivity index (χ1v) is 10.5. The van der Waals surface area contributed by atoms with E-state index in [0.29, 0.717) is 17.1 Å². The standard InChI is InChI=1S/C24H24N6O2/c1-31-19-11-20-23(21(12-19)32-2)26-14-17(13-25)24(20)29-9-7-28(8-10-29)15-18-16-30-6-4-3-5-22(30)27-18/h3-6,11-12,14,16H,7-10,15H2,1-2H3. The molecule has 0 unspecified atom stereocenters. The third-order valence-corrected chi connectivity index (χ3v) is 5.95. The van der Waals surface area contributed by atoms with Crippen LogP contribution in [0, 0.1) is 11.3 Å². The molecule has 0 spiro atoms. The first-order chi connectivity index (χ1) is 15.7. The van der Waals surface area contributed by atoms with Crippen LogP contribution in [-0.4, -0.2) is 59.7 Å². The lowest BCUT2D eigenvalue weighted by Crippen LogP contribution is -2.46. The van der Waals surface area contributed by atoms with Crippen LogP contribution in [0.15, 0.2) is 48.9 Å². The molecule has 0 atom stereocenters. The molecule has 0 saturated carbocycles. The SMILES string of the molecule is COc1cc(OC)c2ncc(C#N)c(N3CCN(Cc4cn5ccccc5n4)CC3)c2c1. The van der Waals surface area contributed by atoms with E-state index in [9.17, 15) is 5.26 Å². The highest BCUT2D eigenvalue weighted by Gasteiger charge is 2.24. The van der Waals surface area contributed by atoms with Crippen LogP contribution in [0.1, 0.15) is 11.3 Å². The fraction of sp³-hybridized carbons (Fsp3) is 0.292. The topological polar surface area (TPSA) is 78.9 Å². The number of pyridine rings is 2. The van der Waals surface area contributed by atoms with Gasteiger partial charge >= 0.3 is 0 Å². The third-order valence-electron chi connectivity index (χ3n) is 5.95. The Labute approximate surface area is 186 Å². The van der Waals surface area contributed by atoms with Crippen LogP contribution in [0.3, 0.4) is 0 Å². The van der Waals surface area contributed by atoms with Crippen molar-refractivity contribution in [3.8, 4) is 17.6 Å². The molecule has 1 aromatic carbocycles. The Kier molecular flexibility index (Phi) is 5.25. The summed E-state index contributed by atoms with van der Waals surface area (Å²) >= 11 is 0. The van der Waals surface area contributed by atoms with Crippen LogP contribution in [0.2, 0.25) is 0 Å². The van der Waals surface area contributed by atoms with Gasteiger partial charge in [-0.2, -0.15) is 5.26 Å². The zero-order valence-corrected chi connectivity index (χ0v) is 18.2. The second-order valence-electron chi connectivity index (χ2n) is 7.82. The predicted octanol–water partition coefficient (Wildman–Crippen LogP) is 3.09. The number of nitrogens with zero attached hydrogens (tertiary/aromatic N) is 6. The number of methoxy groups -OCH3 is 2. The van der Waals surface area contributed by atoms with E-state index in [1.807, 2.05) is 36.5 Å². The van der Waals surface area contributed by atoms with E-state index in [1.165, 1.54) is 0 Å². The van der Waals surface area contributed by atoms with Crippen molar-refractivity contribution in [3.05, 3.63) is 60.2 Å². The molecule has 3 aromatic heterocycles. The Balaban J connectivity index is 1.41. The summed E-state index contributed by atoms with van der Waals surface area (Å²) in [6.07, 6.45) is 5.74. The van der Waals surface area contributed by atoms with E-state index in [-0.39, 0.29) is 0 Å². The molecule has 8 nitrogen and oxygen atoms in total. The van der Waals surface area contributed by atoms with Gasteiger partial charge in [-0.05, 0) is 18.2 Å². The first kappa shape index (κ1) is 20.1. The predicted molar refractivity (Wildman–Crippen MR) is 122 cm³/mol. The molecular formula is C24H24N6O2. The summed E-state index contributed by atoms with van der Waals surface area (Å²) in [5, 5.41) is 10.6. The maximum absolute atomic E-state index is 9.78. The van der Waals surface area contributed by atoms with Gasteiger partial charge in [-0.15, -0.1) is 0 Å². The smallest absolute Gasteiger partial charge is 0.148 e. The number of hydrogen-bond donors (Lipinski definition) is 0. The zero-order valence-electron chi connectivity index (χ0n) is 18.2. The van der Waals surface area contributed by atoms with Crippen LogP contribution < -0.4 is 14.4 Å². The molecule has 5 rings (SSSR count). The maximum atomic E-state index is 9.78. The van der Waals surface area contributed by atoms with Gasteiger partial charge in [0.25, 0.3) is 0 Å². The van der Waals surface area contributed by atoms with Crippen molar-refractivity contribution >= 4 is 22.2 Å². The third kappa shape index (κ3) is 3.57. The van der Waals surface area contributed by atoms with Gasteiger partial charge < -0.3 is 18.8 Å². The van der Waals surface area contributed by atoms with Gasteiger partial charge in [0.1, 0.15) is 28.7 Å². The molecule has 4 aromatic rings. The summed E-state index contributed by atoms with van der Waals surface area (Å²) in [7, 11) is 3.24. The normalized spacial score (nSPS) is 14.6. The number of aromatic nitrogens is 3. The molecule has 4 heterocycles. The Bertz CT molecular complexity index is 1280. The number of nitriles is 1. The molecule has 0 aliphatic carbocycles. The van der Waals surface area contributed by atoms with E-state index in [1.54, 1.807) is 20.4 Å². The monoisotopic (exact) mass is 428 g/mol. The van der Waals surface area contributed by atoms with Crippen molar-refractivity contribution in [2.75, 3.05) is 45.3 Å². The van der Waals surface area contributed by atoms with E-state index in [0.717, 1.165) is 60.7 Å². The number of piperazine rings is 1.